The summed E-state index contributed by atoms with van der Waals surface area (Å²) in [5, 5.41) is 2.91. The lowest BCUT2D eigenvalue weighted by Crippen LogP contribution is -2.20. The third kappa shape index (κ3) is 13.3. The van der Waals surface area contributed by atoms with Crippen LogP contribution in [0.25, 0.3) is 0 Å². The number of hydrogen-bond donors (Lipinski definition) is 1. The van der Waals surface area contributed by atoms with E-state index in [1.54, 1.807) is 0 Å². The number of benzene rings is 2. The Labute approximate surface area is 240 Å². The van der Waals surface area contributed by atoms with Crippen LogP contribution >= 0.6 is 11.8 Å². The van der Waals surface area contributed by atoms with Gasteiger partial charge in [-0.3, -0.25) is 4.79 Å². The molecule has 6 heteroatoms. The molecule has 0 spiro atoms. The number of nitrogens with zero attached hydrogens (tertiary/aromatic N) is 1. The highest BCUT2D eigenvalue weighted by molar-refractivity contribution is 8.03. The Kier molecular flexibility index (Phi) is 14.8. The third-order valence-electron chi connectivity index (χ3n) is 6.89. The van der Waals surface area contributed by atoms with Crippen molar-refractivity contribution >= 4 is 23.4 Å². The Bertz CT molecular complexity index is 993. The van der Waals surface area contributed by atoms with Gasteiger partial charge in [-0.25, -0.2) is 0 Å². The zero-order chi connectivity index (χ0) is 27.5. The first kappa shape index (κ1) is 30.9. The molecule has 0 atom stereocenters. The Morgan fingerprint density at radius 1 is 0.846 bits per heavy atom. The number of rotatable bonds is 20. The third-order valence-corrected chi connectivity index (χ3v) is 7.91. The molecule has 3 rings (SSSR count). The number of carbonyl (C=O) groups excluding carboxylic acids is 1. The molecule has 0 unspecified atom stereocenters. The molecule has 1 N–H and O–H groups in total. The van der Waals surface area contributed by atoms with Crippen molar-refractivity contribution in [3.8, 4) is 11.5 Å². The van der Waals surface area contributed by atoms with E-state index >= 15 is 0 Å². The van der Waals surface area contributed by atoms with E-state index in [1.165, 1.54) is 81.1 Å². The van der Waals surface area contributed by atoms with Gasteiger partial charge in [0.25, 0.3) is 5.91 Å². The van der Waals surface area contributed by atoms with Gasteiger partial charge >= 0.3 is 0 Å². The van der Waals surface area contributed by atoms with Crippen LogP contribution in [-0.4, -0.2) is 29.9 Å². The highest BCUT2D eigenvalue weighted by atomic mass is 32.2. The molecule has 1 aliphatic rings. The van der Waals surface area contributed by atoms with E-state index in [0.717, 1.165) is 30.3 Å². The summed E-state index contributed by atoms with van der Waals surface area (Å²) < 4.78 is 11.6. The zero-order valence-corrected chi connectivity index (χ0v) is 24.9. The number of allylic oxidation sites excluding steroid dienone is 1. The summed E-state index contributed by atoms with van der Waals surface area (Å²) in [4.78, 5) is 16.0. The second kappa shape index (κ2) is 18.6. The smallest absolute Gasteiger partial charge is 0.262 e. The van der Waals surface area contributed by atoms with Crippen LogP contribution in [0.2, 0.25) is 0 Å². The molecule has 1 heterocycles. The van der Waals surface area contributed by atoms with Crippen LogP contribution in [0.3, 0.4) is 0 Å². The zero-order valence-electron chi connectivity index (χ0n) is 24.1. The first-order chi connectivity index (χ1) is 19.1. The normalized spacial score (nSPS) is 12.9. The molecule has 2 aromatic rings. The molecule has 0 aliphatic carbocycles. The van der Waals surface area contributed by atoms with Gasteiger partial charge in [-0.1, -0.05) is 95.8 Å². The van der Waals surface area contributed by atoms with Crippen LogP contribution in [-0.2, 0) is 11.3 Å². The largest absolute Gasteiger partial charge is 0.493 e. The van der Waals surface area contributed by atoms with E-state index in [0.29, 0.717) is 12.4 Å². The molecule has 0 radical (unpaired) electrons. The molecule has 1 amide bonds. The average molecular weight is 553 g/mol. The predicted octanol–water partition coefficient (Wildman–Crippen LogP) is 9.15. The quantitative estimate of drug-likeness (QED) is 0.166. The lowest BCUT2D eigenvalue weighted by atomic mass is 10.1. The van der Waals surface area contributed by atoms with Crippen LogP contribution < -0.4 is 14.8 Å². The Balaban J connectivity index is 1.23. The molecule has 5 nitrogen and oxygen atoms in total. The Hall–Kier alpha value is -2.60. The van der Waals surface area contributed by atoms with Crippen LogP contribution in [0.1, 0.15) is 96.5 Å². The minimum atomic E-state index is -0.180. The molecule has 0 fully saturated rings. The van der Waals surface area contributed by atoms with Crippen molar-refractivity contribution in [2.45, 2.75) is 97.4 Å². The number of hydrogen-bond acceptors (Lipinski definition) is 5. The van der Waals surface area contributed by atoms with Gasteiger partial charge in [-0.2, -0.15) is 0 Å². The van der Waals surface area contributed by atoms with Crippen molar-refractivity contribution in [2.75, 3.05) is 24.4 Å². The highest BCUT2D eigenvalue weighted by Gasteiger charge is 2.10. The van der Waals surface area contributed by atoms with Crippen molar-refractivity contribution in [3.05, 3.63) is 65.2 Å². The van der Waals surface area contributed by atoms with Crippen molar-refractivity contribution in [2.24, 2.45) is 0 Å². The molecule has 0 saturated carbocycles. The van der Waals surface area contributed by atoms with Crippen molar-refractivity contribution in [1.29, 1.82) is 0 Å². The summed E-state index contributed by atoms with van der Waals surface area (Å²) in [5.41, 5.74) is 1.99. The molecule has 39 heavy (non-hydrogen) atoms. The minimum Gasteiger partial charge on any atom is -0.493 e. The number of ether oxygens (including phenoxy) is 2. The van der Waals surface area contributed by atoms with Crippen LogP contribution in [0.15, 0.2) is 59.6 Å². The van der Waals surface area contributed by atoms with Gasteiger partial charge in [0.2, 0.25) is 0 Å². The number of carbonyl (C=O) groups is 1. The number of thioether (sulfide) groups is 1. The van der Waals surface area contributed by atoms with Crippen LogP contribution in [0.5, 0.6) is 11.5 Å². The topological polar surface area (TPSA) is 50.8 Å². The van der Waals surface area contributed by atoms with Crippen LogP contribution in [0, 0.1) is 0 Å². The van der Waals surface area contributed by atoms with Gasteiger partial charge in [-0.05, 0) is 48.1 Å². The number of anilines is 1. The van der Waals surface area contributed by atoms with Gasteiger partial charge in [0, 0.05) is 24.5 Å². The maximum Gasteiger partial charge on any atom is 0.262 e. The first-order valence-electron chi connectivity index (χ1n) is 14.9. The van der Waals surface area contributed by atoms with Crippen molar-refractivity contribution < 1.29 is 14.3 Å². The van der Waals surface area contributed by atoms with Gasteiger partial charge in [0.1, 0.15) is 11.5 Å². The van der Waals surface area contributed by atoms with E-state index in [4.69, 9.17) is 9.47 Å². The number of amides is 1. The van der Waals surface area contributed by atoms with E-state index in [-0.39, 0.29) is 12.5 Å². The monoisotopic (exact) mass is 552 g/mol. The van der Waals surface area contributed by atoms with E-state index in [2.05, 4.69) is 42.4 Å². The van der Waals surface area contributed by atoms with Crippen LogP contribution in [0.4, 0.5) is 5.69 Å². The summed E-state index contributed by atoms with van der Waals surface area (Å²) in [6.07, 6.45) is 18.2. The van der Waals surface area contributed by atoms with Gasteiger partial charge in [0.05, 0.1) is 12.5 Å². The summed E-state index contributed by atoms with van der Waals surface area (Å²) in [6.45, 7) is 5.95. The summed E-state index contributed by atoms with van der Waals surface area (Å²) in [6, 6.07) is 15.5. The van der Waals surface area contributed by atoms with E-state index < -0.39 is 0 Å². The predicted molar refractivity (Wildman–Crippen MR) is 165 cm³/mol. The summed E-state index contributed by atoms with van der Waals surface area (Å²) in [7, 11) is 0. The molecule has 0 bridgehead atoms. The molecule has 0 aromatic heterocycles. The van der Waals surface area contributed by atoms with E-state index in [1.807, 2.05) is 48.2 Å². The fourth-order valence-corrected chi connectivity index (χ4v) is 5.43. The standard InChI is InChI=1S/C33H48N2O3S/c1-3-4-5-6-7-8-9-10-11-12-13-14-22-37-31-16-15-17-32(23-31)38-26-33(36)34-30-20-18-29(19-21-30)25-35-24-28(2)39-27-35/h15-21,23-24H,3-14,22,25-27H2,1-2H3,(H,34,36). The van der Waals surface area contributed by atoms with Gasteiger partial charge in [0.15, 0.2) is 6.61 Å². The minimum absolute atomic E-state index is 0.0426. The Morgan fingerprint density at radius 2 is 1.46 bits per heavy atom. The maximum atomic E-state index is 12.4. The fourth-order valence-electron chi connectivity index (χ4n) is 4.67. The SMILES string of the molecule is CCCCCCCCCCCCCCOc1cccc(OCC(=O)Nc2ccc(CN3C=C(C)SC3)cc2)c1. The molecule has 0 saturated heterocycles. The highest BCUT2D eigenvalue weighted by Crippen LogP contribution is 2.26. The number of unbranched alkanes of at least 4 members (excludes halogenated alkanes) is 11. The van der Waals surface area contributed by atoms with Crippen molar-refractivity contribution in [3.63, 3.8) is 0 Å². The molecule has 1 aliphatic heterocycles. The second-order valence-electron chi connectivity index (χ2n) is 10.5. The van der Waals surface area contributed by atoms with E-state index in [9.17, 15) is 4.79 Å². The fraction of sp³-hybridized carbons (Fsp3) is 0.545. The van der Waals surface area contributed by atoms with Crippen molar-refractivity contribution in [1.82, 2.24) is 4.90 Å². The second-order valence-corrected chi connectivity index (χ2v) is 11.7. The van der Waals surface area contributed by atoms with Gasteiger partial charge < -0.3 is 19.7 Å². The first-order valence-corrected chi connectivity index (χ1v) is 15.9. The molecule has 2 aromatic carbocycles. The van der Waals surface area contributed by atoms with Gasteiger partial charge in [-0.15, -0.1) is 11.8 Å². The lowest BCUT2D eigenvalue weighted by molar-refractivity contribution is -0.118. The summed E-state index contributed by atoms with van der Waals surface area (Å²) >= 11 is 1.86. The molecule has 214 valence electrons. The summed E-state index contributed by atoms with van der Waals surface area (Å²) in [5.74, 6) is 2.24. The Morgan fingerprint density at radius 3 is 2.08 bits per heavy atom. The average Bonchev–Trinajstić information content (AvgIpc) is 3.35. The number of nitrogens with one attached hydrogen (secondary N) is 1. The maximum absolute atomic E-state index is 12.4. The molecular weight excluding hydrogens is 504 g/mol. The molecular formula is C33H48N2O3S. The lowest BCUT2D eigenvalue weighted by Gasteiger charge is -2.15.